The maximum atomic E-state index is 12.1. The smallest absolute Gasteiger partial charge is 0.232 e. The van der Waals surface area contributed by atoms with Gasteiger partial charge in [0.2, 0.25) is 10.0 Å². The first kappa shape index (κ1) is 15.4. The number of rotatable bonds is 5. The molecular formula is C16H19NO3S. The molecule has 0 saturated heterocycles. The average molecular weight is 305 g/mol. The van der Waals surface area contributed by atoms with Crippen LogP contribution in [-0.4, -0.2) is 21.8 Å². The van der Waals surface area contributed by atoms with Crippen molar-refractivity contribution in [2.75, 3.05) is 17.7 Å². The normalized spacial score (nSPS) is 11.2. The number of hydrogen-bond acceptors (Lipinski definition) is 3. The second kappa shape index (κ2) is 6.18. The van der Waals surface area contributed by atoms with Gasteiger partial charge in [-0.3, -0.25) is 4.31 Å². The van der Waals surface area contributed by atoms with Crippen molar-refractivity contribution in [3.05, 3.63) is 59.7 Å². The van der Waals surface area contributed by atoms with Gasteiger partial charge in [-0.15, -0.1) is 0 Å². The van der Waals surface area contributed by atoms with Gasteiger partial charge in [0.25, 0.3) is 0 Å². The summed E-state index contributed by atoms with van der Waals surface area (Å²) < 4.78 is 30.6. The van der Waals surface area contributed by atoms with Crippen LogP contribution in [0, 0.1) is 6.92 Å². The minimum Gasteiger partial charge on any atom is -0.497 e. The molecule has 0 radical (unpaired) electrons. The maximum Gasteiger partial charge on any atom is 0.232 e. The zero-order valence-corrected chi connectivity index (χ0v) is 13.2. The predicted molar refractivity (Wildman–Crippen MR) is 85.2 cm³/mol. The molecule has 0 atom stereocenters. The van der Waals surface area contributed by atoms with Gasteiger partial charge >= 0.3 is 0 Å². The number of hydrogen-bond donors (Lipinski definition) is 0. The fraction of sp³-hybridized carbons (Fsp3) is 0.250. The molecule has 0 N–H and O–H groups in total. The minimum absolute atomic E-state index is 0.312. The summed E-state index contributed by atoms with van der Waals surface area (Å²) in [5.41, 5.74) is 2.69. The van der Waals surface area contributed by atoms with E-state index in [0.29, 0.717) is 18.0 Å². The average Bonchev–Trinajstić information content (AvgIpc) is 2.44. The van der Waals surface area contributed by atoms with Gasteiger partial charge in [0.05, 0.1) is 25.6 Å². The van der Waals surface area contributed by atoms with Gasteiger partial charge in [-0.05, 0) is 36.8 Å². The minimum atomic E-state index is -3.36. The molecule has 0 heterocycles. The van der Waals surface area contributed by atoms with Crippen molar-refractivity contribution < 1.29 is 13.2 Å². The zero-order chi connectivity index (χ0) is 15.5. The molecule has 0 fully saturated rings. The summed E-state index contributed by atoms with van der Waals surface area (Å²) in [4.78, 5) is 0. The number of benzene rings is 2. The molecule has 0 aromatic heterocycles. The third-order valence-corrected chi connectivity index (χ3v) is 4.31. The largest absolute Gasteiger partial charge is 0.497 e. The second-order valence-electron chi connectivity index (χ2n) is 4.96. The summed E-state index contributed by atoms with van der Waals surface area (Å²) in [5, 5.41) is 0. The molecule has 0 spiro atoms. The van der Waals surface area contributed by atoms with E-state index in [0.717, 1.165) is 11.1 Å². The van der Waals surface area contributed by atoms with Gasteiger partial charge in [-0.2, -0.15) is 0 Å². The van der Waals surface area contributed by atoms with Gasteiger partial charge in [0.15, 0.2) is 0 Å². The van der Waals surface area contributed by atoms with E-state index in [1.54, 1.807) is 31.4 Å². The topological polar surface area (TPSA) is 46.6 Å². The molecule has 5 heteroatoms. The molecule has 0 saturated carbocycles. The molecule has 2 aromatic rings. The molecule has 4 nitrogen and oxygen atoms in total. The van der Waals surface area contributed by atoms with E-state index in [9.17, 15) is 8.42 Å². The lowest BCUT2D eigenvalue weighted by atomic mass is 10.1. The second-order valence-corrected chi connectivity index (χ2v) is 6.86. The fourth-order valence-corrected chi connectivity index (χ4v) is 3.01. The number of ether oxygens (including phenoxy) is 1. The SMILES string of the molecule is COc1ccc(N(Cc2cccc(C)c2)S(C)(=O)=O)cc1. The molecule has 2 rings (SSSR count). The summed E-state index contributed by atoms with van der Waals surface area (Å²) >= 11 is 0. The summed E-state index contributed by atoms with van der Waals surface area (Å²) in [5.74, 6) is 0.697. The highest BCUT2D eigenvalue weighted by atomic mass is 32.2. The quantitative estimate of drug-likeness (QED) is 0.853. The molecule has 0 amide bonds. The molecule has 0 aliphatic carbocycles. The van der Waals surface area contributed by atoms with Crippen molar-refractivity contribution in [3.8, 4) is 5.75 Å². The predicted octanol–water partition coefficient (Wildman–Crippen LogP) is 2.97. The van der Waals surface area contributed by atoms with E-state index in [1.807, 2.05) is 31.2 Å². The van der Waals surface area contributed by atoms with Crippen molar-refractivity contribution >= 4 is 15.7 Å². The van der Waals surface area contributed by atoms with Gasteiger partial charge in [0, 0.05) is 0 Å². The lowest BCUT2D eigenvalue weighted by molar-refractivity contribution is 0.415. The number of methoxy groups -OCH3 is 1. The summed E-state index contributed by atoms with van der Waals surface area (Å²) in [6, 6.07) is 14.8. The van der Waals surface area contributed by atoms with E-state index < -0.39 is 10.0 Å². The van der Waals surface area contributed by atoms with E-state index in [1.165, 1.54) is 10.6 Å². The standard InChI is InChI=1S/C16H19NO3S/c1-13-5-4-6-14(11-13)12-17(21(3,18)19)15-7-9-16(20-2)10-8-15/h4-11H,12H2,1-3H3. The third kappa shape index (κ3) is 3.98. The van der Waals surface area contributed by atoms with E-state index in [-0.39, 0.29) is 0 Å². The molecule has 0 aliphatic rings. The van der Waals surface area contributed by atoms with E-state index >= 15 is 0 Å². The Hall–Kier alpha value is -2.01. The van der Waals surface area contributed by atoms with Crippen LogP contribution in [0.3, 0.4) is 0 Å². The fourth-order valence-electron chi connectivity index (χ4n) is 2.12. The number of anilines is 1. The Balaban J connectivity index is 2.35. The first-order chi connectivity index (χ1) is 9.90. The van der Waals surface area contributed by atoms with Crippen LogP contribution in [-0.2, 0) is 16.6 Å². The van der Waals surface area contributed by atoms with Gasteiger partial charge in [-0.25, -0.2) is 8.42 Å². The number of aryl methyl sites for hydroxylation is 1. The Bertz CT molecular complexity index is 709. The van der Waals surface area contributed by atoms with Crippen LogP contribution < -0.4 is 9.04 Å². The third-order valence-electron chi connectivity index (χ3n) is 3.17. The van der Waals surface area contributed by atoms with Crippen LogP contribution >= 0.6 is 0 Å². The van der Waals surface area contributed by atoms with Crippen LogP contribution in [0.2, 0.25) is 0 Å². The first-order valence-electron chi connectivity index (χ1n) is 6.57. The van der Waals surface area contributed by atoms with Crippen molar-refractivity contribution in [2.24, 2.45) is 0 Å². The van der Waals surface area contributed by atoms with Gasteiger partial charge in [0.1, 0.15) is 5.75 Å². The summed E-state index contributed by atoms with van der Waals surface area (Å²) in [6.45, 7) is 2.30. The Labute approximate surface area is 126 Å². The van der Waals surface area contributed by atoms with Gasteiger partial charge < -0.3 is 4.74 Å². The number of sulfonamides is 1. The Kier molecular flexibility index (Phi) is 4.53. The number of nitrogens with zero attached hydrogens (tertiary/aromatic N) is 1. The maximum absolute atomic E-state index is 12.1. The molecule has 21 heavy (non-hydrogen) atoms. The molecule has 0 bridgehead atoms. The Morgan fingerprint density at radius 2 is 1.76 bits per heavy atom. The highest BCUT2D eigenvalue weighted by Gasteiger charge is 2.17. The Morgan fingerprint density at radius 3 is 2.29 bits per heavy atom. The molecule has 0 aliphatic heterocycles. The lowest BCUT2D eigenvalue weighted by Gasteiger charge is -2.23. The van der Waals surface area contributed by atoms with Crippen molar-refractivity contribution in [2.45, 2.75) is 13.5 Å². The van der Waals surface area contributed by atoms with Crippen LogP contribution in [0.1, 0.15) is 11.1 Å². The van der Waals surface area contributed by atoms with Crippen LogP contribution in [0.5, 0.6) is 5.75 Å². The molecular weight excluding hydrogens is 286 g/mol. The Morgan fingerprint density at radius 1 is 1.10 bits per heavy atom. The highest BCUT2D eigenvalue weighted by Crippen LogP contribution is 2.23. The van der Waals surface area contributed by atoms with Crippen LogP contribution in [0.25, 0.3) is 0 Å². The van der Waals surface area contributed by atoms with Crippen LogP contribution in [0.4, 0.5) is 5.69 Å². The zero-order valence-electron chi connectivity index (χ0n) is 12.4. The first-order valence-corrected chi connectivity index (χ1v) is 8.42. The van der Waals surface area contributed by atoms with Crippen molar-refractivity contribution in [3.63, 3.8) is 0 Å². The van der Waals surface area contributed by atoms with Crippen molar-refractivity contribution in [1.82, 2.24) is 0 Å². The molecule has 2 aromatic carbocycles. The monoisotopic (exact) mass is 305 g/mol. The van der Waals surface area contributed by atoms with Gasteiger partial charge in [-0.1, -0.05) is 29.8 Å². The van der Waals surface area contributed by atoms with Crippen LogP contribution in [0.15, 0.2) is 48.5 Å². The summed E-state index contributed by atoms with van der Waals surface area (Å²) in [6.07, 6.45) is 1.22. The van der Waals surface area contributed by atoms with Crippen molar-refractivity contribution in [1.29, 1.82) is 0 Å². The molecule has 0 unspecified atom stereocenters. The molecule has 112 valence electrons. The van der Waals surface area contributed by atoms with E-state index in [2.05, 4.69) is 0 Å². The van der Waals surface area contributed by atoms with E-state index in [4.69, 9.17) is 4.74 Å². The summed E-state index contributed by atoms with van der Waals surface area (Å²) in [7, 11) is -1.78. The lowest BCUT2D eigenvalue weighted by Crippen LogP contribution is -2.29. The highest BCUT2D eigenvalue weighted by molar-refractivity contribution is 7.92.